The fourth-order valence-corrected chi connectivity index (χ4v) is 2.95. The summed E-state index contributed by atoms with van der Waals surface area (Å²) >= 11 is 1.37. The minimum atomic E-state index is 0.227. The standard InChI is InChI=1S/C19H16N4O2S/c1-24-15-7-3-13(4-8-15)18-12-26-19(21-18)17(11-20)23-22-14-5-9-16(25-2)10-6-14/h3-10,12,22H,1-2H3/b23-17-. The molecule has 0 bridgehead atoms. The molecule has 0 aliphatic heterocycles. The molecule has 0 fully saturated rings. The van der Waals surface area contributed by atoms with E-state index in [0.29, 0.717) is 5.01 Å². The zero-order valence-corrected chi connectivity index (χ0v) is 15.1. The average Bonchev–Trinajstić information content (AvgIpc) is 3.19. The molecule has 0 radical (unpaired) electrons. The first-order valence-electron chi connectivity index (χ1n) is 7.71. The van der Waals surface area contributed by atoms with Gasteiger partial charge in [-0.1, -0.05) is 0 Å². The van der Waals surface area contributed by atoms with Crippen molar-refractivity contribution in [1.82, 2.24) is 4.98 Å². The van der Waals surface area contributed by atoms with Gasteiger partial charge in [0.05, 0.1) is 25.6 Å². The summed E-state index contributed by atoms with van der Waals surface area (Å²) < 4.78 is 10.3. The SMILES string of the molecule is COc1ccc(N/N=C(/C#N)c2nc(-c3ccc(OC)cc3)cs2)cc1. The minimum absolute atomic E-state index is 0.227. The van der Waals surface area contributed by atoms with Crippen LogP contribution in [0.25, 0.3) is 11.3 Å². The first-order valence-corrected chi connectivity index (χ1v) is 8.59. The number of nitriles is 1. The molecule has 26 heavy (non-hydrogen) atoms. The molecule has 0 spiro atoms. The summed E-state index contributed by atoms with van der Waals surface area (Å²) in [6, 6.07) is 17.0. The van der Waals surface area contributed by atoms with E-state index in [4.69, 9.17) is 9.47 Å². The van der Waals surface area contributed by atoms with Gasteiger partial charge in [0, 0.05) is 10.9 Å². The molecule has 0 saturated heterocycles. The van der Waals surface area contributed by atoms with E-state index in [1.807, 2.05) is 53.9 Å². The second kappa shape index (κ2) is 8.14. The highest BCUT2D eigenvalue weighted by Crippen LogP contribution is 2.24. The van der Waals surface area contributed by atoms with Gasteiger partial charge in [-0.25, -0.2) is 4.98 Å². The molecule has 0 aliphatic carbocycles. The predicted octanol–water partition coefficient (Wildman–Crippen LogP) is 4.17. The summed E-state index contributed by atoms with van der Waals surface area (Å²) in [7, 11) is 3.23. The molecule has 0 aliphatic rings. The summed E-state index contributed by atoms with van der Waals surface area (Å²) in [5.74, 6) is 1.54. The molecule has 1 aromatic heterocycles. The Balaban J connectivity index is 1.77. The third-order valence-electron chi connectivity index (χ3n) is 3.59. The Labute approximate surface area is 155 Å². The maximum Gasteiger partial charge on any atom is 0.196 e. The highest BCUT2D eigenvalue weighted by molar-refractivity contribution is 7.12. The van der Waals surface area contributed by atoms with Gasteiger partial charge in [0.15, 0.2) is 10.7 Å². The Bertz CT molecular complexity index is 941. The van der Waals surface area contributed by atoms with E-state index < -0.39 is 0 Å². The number of hydrogen-bond donors (Lipinski definition) is 1. The van der Waals surface area contributed by atoms with E-state index in [1.54, 1.807) is 14.2 Å². The number of aromatic nitrogens is 1. The minimum Gasteiger partial charge on any atom is -0.497 e. The second-order valence-electron chi connectivity index (χ2n) is 5.18. The lowest BCUT2D eigenvalue weighted by atomic mass is 10.2. The molecule has 2 aromatic carbocycles. The number of anilines is 1. The Morgan fingerprint density at radius 3 is 2.23 bits per heavy atom. The molecule has 0 saturated carbocycles. The maximum absolute atomic E-state index is 9.40. The highest BCUT2D eigenvalue weighted by Gasteiger charge is 2.10. The molecule has 130 valence electrons. The summed E-state index contributed by atoms with van der Waals surface area (Å²) in [5.41, 5.74) is 5.60. The summed E-state index contributed by atoms with van der Waals surface area (Å²) in [5, 5.41) is 16.0. The van der Waals surface area contributed by atoms with E-state index in [-0.39, 0.29) is 5.71 Å². The van der Waals surface area contributed by atoms with Crippen LogP contribution in [-0.4, -0.2) is 24.9 Å². The van der Waals surface area contributed by atoms with E-state index >= 15 is 0 Å². The number of ether oxygens (including phenoxy) is 2. The van der Waals surface area contributed by atoms with Crippen LogP contribution in [0.5, 0.6) is 11.5 Å². The summed E-state index contributed by atoms with van der Waals surface area (Å²) in [6.07, 6.45) is 0. The molecule has 3 rings (SSSR count). The van der Waals surface area contributed by atoms with Gasteiger partial charge >= 0.3 is 0 Å². The fourth-order valence-electron chi connectivity index (χ4n) is 2.18. The van der Waals surface area contributed by atoms with Gasteiger partial charge in [-0.05, 0) is 48.5 Å². The van der Waals surface area contributed by atoms with E-state index in [1.165, 1.54) is 11.3 Å². The quantitative estimate of drug-likeness (QED) is 0.525. The number of benzene rings is 2. The fraction of sp³-hybridized carbons (Fsp3) is 0.105. The molecule has 0 atom stereocenters. The van der Waals surface area contributed by atoms with Crippen LogP contribution in [0.15, 0.2) is 59.0 Å². The van der Waals surface area contributed by atoms with Crippen molar-refractivity contribution in [3.05, 3.63) is 58.9 Å². The van der Waals surface area contributed by atoms with Crippen LogP contribution < -0.4 is 14.9 Å². The van der Waals surface area contributed by atoms with Crippen molar-refractivity contribution in [2.24, 2.45) is 5.10 Å². The van der Waals surface area contributed by atoms with Crippen molar-refractivity contribution in [3.8, 4) is 28.8 Å². The summed E-state index contributed by atoms with van der Waals surface area (Å²) in [4.78, 5) is 4.51. The van der Waals surface area contributed by atoms with Crippen molar-refractivity contribution in [2.45, 2.75) is 0 Å². The van der Waals surface area contributed by atoms with E-state index in [9.17, 15) is 5.26 Å². The molecule has 6 nitrogen and oxygen atoms in total. The first kappa shape index (κ1) is 17.5. The molecule has 7 heteroatoms. The van der Waals surface area contributed by atoms with E-state index in [0.717, 1.165) is 28.4 Å². The monoisotopic (exact) mass is 364 g/mol. The first-order chi connectivity index (χ1) is 12.7. The lowest BCUT2D eigenvalue weighted by Crippen LogP contribution is -2.01. The Kier molecular flexibility index (Phi) is 5.46. The molecular formula is C19H16N4O2S. The molecule has 0 unspecified atom stereocenters. The topological polar surface area (TPSA) is 79.5 Å². The van der Waals surface area contributed by atoms with Gasteiger partial charge in [0.1, 0.15) is 17.6 Å². The predicted molar refractivity (Wildman–Crippen MR) is 103 cm³/mol. The third-order valence-corrected chi connectivity index (χ3v) is 4.43. The lowest BCUT2D eigenvalue weighted by Gasteiger charge is -2.02. The van der Waals surface area contributed by atoms with Gasteiger partial charge in [0.2, 0.25) is 0 Å². The van der Waals surface area contributed by atoms with Crippen LogP contribution >= 0.6 is 11.3 Å². The van der Waals surface area contributed by atoms with Gasteiger partial charge in [-0.15, -0.1) is 11.3 Å². The van der Waals surface area contributed by atoms with Crippen LogP contribution in [0.3, 0.4) is 0 Å². The van der Waals surface area contributed by atoms with Gasteiger partial charge < -0.3 is 9.47 Å². The smallest absolute Gasteiger partial charge is 0.196 e. The molecular weight excluding hydrogens is 348 g/mol. The number of methoxy groups -OCH3 is 2. The van der Waals surface area contributed by atoms with Gasteiger partial charge in [0.25, 0.3) is 0 Å². The van der Waals surface area contributed by atoms with Crippen LogP contribution in [0.2, 0.25) is 0 Å². The number of hydrazone groups is 1. The number of nitrogens with one attached hydrogen (secondary N) is 1. The molecule has 0 amide bonds. The maximum atomic E-state index is 9.40. The van der Waals surface area contributed by atoms with Crippen molar-refractivity contribution in [2.75, 3.05) is 19.6 Å². The Morgan fingerprint density at radius 2 is 1.65 bits per heavy atom. The highest BCUT2D eigenvalue weighted by atomic mass is 32.1. The van der Waals surface area contributed by atoms with Crippen molar-refractivity contribution in [1.29, 1.82) is 5.26 Å². The zero-order chi connectivity index (χ0) is 18.4. The van der Waals surface area contributed by atoms with Gasteiger partial charge in [-0.2, -0.15) is 10.4 Å². The molecule has 1 N–H and O–H groups in total. The lowest BCUT2D eigenvalue weighted by molar-refractivity contribution is 0.415. The Morgan fingerprint density at radius 1 is 1.04 bits per heavy atom. The normalized spacial score (nSPS) is 10.9. The Hall–Kier alpha value is -3.37. The van der Waals surface area contributed by atoms with Crippen LogP contribution in [-0.2, 0) is 0 Å². The number of hydrogen-bond acceptors (Lipinski definition) is 7. The second-order valence-corrected chi connectivity index (χ2v) is 6.04. The van der Waals surface area contributed by atoms with Crippen molar-refractivity contribution in [3.63, 3.8) is 0 Å². The zero-order valence-electron chi connectivity index (χ0n) is 14.3. The number of thiazole rings is 1. The molecule has 3 aromatic rings. The van der Waals surface area contributed by atoms with Crippen molar-refractivity contribution >= 4 is 22.7 Å². The average molecular weight is 364 g/mol. The largest absolute Gasteiger partial charge is 0.497 e. The van der Waals surface area contributed by atoms with E-state index in [2.05, 4.69) is 21.6 Å². The number of nitrogens with zero attached hydrogens (tertiary/aromatic N) is 3. The van der Waals surface area contributed by atoms with Crippen molar-refractivity contribution < 1.29 is 9.47 Å². The molecule has 1 heterocycles. The summed E-state index contributed by atoms with van der Waals surface area (Å²) in [6.45, 7) is 0. The van der Waals surface area contributed by atoms with Crippen LogP contribution in [0.4, 0.5) is 5.69 Å². The number of rotatable bonds is 6. The third kappa shape index (κ3) is 3.99. The van der Waals surface area contributed by atoms with Crippen LogP contribution in [0.1, 0.15) is 5.01 Å². The van der Waals surface area contributed by atoms with Gasteiger partial charge in [-0.3, -0.25) is 5.43 Å². The van der Waals surface area contributed by atoms with Crippen LogP contribution in [0, 0.1) is 11.3 Å².